The lowest BCUT2D eigenvalue weighted by Crippen LogP contribution is -2.45. The zero-order valence-electron chi connectivity index (χ0n) is 11.6. The van der Waals surface area contributed by atoms with Crippen molar-refractivity contribution in [3.05, 3.63) is 42.0 Å². The minimum Gasteiger partial charge on any atom is -0.480 e. The molecular formula is C15H16N2O4. The Morgan fingerprint density at radius 2 is 1.95 bits per heavy atom. The van der Waals surface area contributed by atoms with Crippen molar-refractivity contribution in [1.82, 2.24) is 10.2 Å². The average molecular weight is 288 g/mol. The maximum Gasteiger partial charge on any atom is 0.326 e. The van der Waals surface area contributed by atoms with Gasteiger partial charge in [-0.2, -0.15) is 0 Å². The number of hydrogen-bond donors (Lipinski definition) is 2. The van der Waals surface area contributed by atoms with E-state index in [-0.39, 0.29) is 18.9 Å². The maximum atomic E-state index is 12.2. The molecule has 1 aliphatic rings. The normalized spacial score (nSPS) is 14.8. The first-order chi connectivity index (χ1) is 9.95. The Morgan fingerprint density at radius 3 is 2.48 bits per heavy atom. The summed E-state index contributed by atoms with van der Waals surface area (Å²) in [6.45, 7) is 5.25. The topological polar surface area (TPSA) is 86.7 Å². The molecule has 2 N–H and O–H groups in total. The molecule has 1 aromatic rings. The highest BCUT2D eigenvalue weighted by Crippen LogP contribution is 2.30. The van der Waals surface area contributed by atoms with E-state index in [1.807, 2.05) is 0 Å². The number of amides is 2. The van der Waals surface area contributed by atoms with Gasteiger partial charge in [0.25, 0.3) is 5.91 Å². The Morgan fingerprint density at radius 1 is 1.33 bits per heavy atom. The molecule has 21 heavy (non-hydrogen) atoms. The van der Waals surface area contributed by atoms with Crippen LogP contribution in [0.5, 0.6) is 0 Å². The number of rotatable bonds is 5. The number of fused-ring (bicyclic) bond motifs is 1. The molecule has 0 bridgehead atoms. The van der Waals surface area contributed by atoms with E-state index < -0.39 is 17.9 Å². The number of carboxylic acid groups (broad SMARTS) is 1. The van der Waals surface area contributed by atoms with Crippen LogP contribution in [-0.2, 0) is 9.59 Å². The molecule has 0 aromatic heterocycles. The molecule has 110 valence electrons. The third-order valence-electron chi connectivity index (χ3n) is 3.38. The molecule has 0 fully saturated rings. The number of nitrogens with one attached hydrogen (secondary N) is 1. The second-order valence-corrected chi connectivity index (χ2v) is 4.75. The van der Waals surface area contributed by atoms with E-state index in [1.54, 1.807) is 31.2 Å². The Hall–Kier alpha value is -2.63. The van der Waals surface area contributed by atoms with Crippen molar-refractivity contribution >= 4 is 23.5 Å². The number of hydrogen-bond acceptors (Lipinski definition) is 3. The quantitative estimate of drug-likeness (QED) is 0.849. The van der Waals surface area contributed by atoms with Crippen molar-refractivity contribution in [2.24, 2.45) is 0 Å². The van der Waals surface area contributed by atoms with Gasteiger partial charge in [-0.15, -0.1) is 0 Å². The first-order valence-electron chi connectivity index (χ1n) is 6.58. The monoisotopic (exact) mass is 288 g/mol. The van der Waals surface area contributed by atoms with E-state index in [0.717, 1.165) is 0 Å². The van der Waals surface area contributed by atoms with Gasteiger partial charge in [-0.25, -0.2) is 4.79 Å². The smallest absolute Gasteiger partial charge is 0.326 e. The molecule has 0 saturated heterocycles. The number of nitrogens with zero attached hydrogens (tertiary/aromatic N) is 1. The standard InChI is InChI=1S/C15H16N2O4/c1-3-12(15(20)21)16-13(18)8-17-9(2)10-6-4-5-7-11(10)14(17)19/h4-7,12H,2-3,8H2,1H3,(H,16,18)(H,20,21). The van der Waals surface area contributed by atoms with Crippen LogP contribution in [0.15, 0.2) is 30.8 Å². The van der Waals surface area contributed by atoms with Crippen LogP contribution in [0.1, 0.15) is 29.3 Å². The van der Waals surface area contributed by atoms with Crippen molar-refractivity contribution in [2.75, 3.05) is 6.54 Å². The highest BCUT2D eigenvalue weighted by Gasteiger charge is 2.32. The average Bonchev–Trinajstić information content (AvgIpc) is 2.70. The fraction of sp³-hybridized carbons (Fsp3) is 0.267. The molecule has 1 atom stereocenters. The Bertz CT molecular complexity index is 589. The first kappa shape index (κ1) is 14.8. The lowest BCUT2D eigenvalue weighted by Gasteiger charge is -2.19. The minimum absolute atomic E-state index is 0.240. The summed E-state index contributed by atoms with van der Waals surface area (Å²) >= 11 is 0. The summed E-state index contributed by atoms with van der Waals surface area (Å²) in [6, 6.07) is 6.02. The molecule has 1 unspecified atom stereocenters. The maximum absolute atomic E-state index is 12.2. The van der Waals surface area contributed by atoms with E-state index in [9.17, 15) is 14.4 Å². The Kier molecular flexibility index (Phi) is 4.07. The fourth-order valence-corrected chi connectivity index (χ4v) is 2.22. The van der Waals surface area contributed by atoms with E-state index >= 15 is 0 Å². The molecule has 1 heterocycles. The third-order valence-corrected chi connectivity index (χ3v) is 3.38. The van der Waals surface area contributed by atoms with Crippen LogP contribution in [0.25, 0.3) is 5.70 Å². The van der Waals surface area contributed by atoms with Crippen LogP contribution < -0.4 is 5.32 Å². The van der Waals surface area contributed by atoms with Gasteiger partial charge in [-0.1, -0.05) is 31.7 Å². The van der Waals surface area contributed by atoms with Gasteiger partial charge in [-0.3, -0.25) is 14.5 Å². The number of aliphatic carboxylic acids is 1. The van der Waals surface area contributed by atoms with E-state index in [4.69, 9.17) is 5.11 Å². The third kappa shape index (κ3) is 2.79. The highest BCUT2D eigenvalue weighted by molar-refractivity contribution is 6.10. The second kappa shape index (κ2) is 5.78. The molecular weight excluding hydrogens is 272 g/mol. The highest BCUT2D eigenvalue weighted by atomic mass is 16.4. The lowest BCUT2D eigenvalue weighted by atomic mass is 10.1. The van der Waals surface area contributed by atoms with Gasteiger partial charge in [0.1, 0.15) is 12.6 Å². The molecule has 6 heteroatoms. The van der Waals surface area contributed by atoms with Gasteiger partial charge in [0.2, 0.25) is 5.91 Å². The van der Waals surface area contributed by atoms with Gasteiger partial charge < -0.3 is 10.4 Å². The number of benzene rings is 1. The SMILES string of the molecule is C=C1c2ccccc2C(=O)N1CC(=O)NC(CC)C(=O)O. The van der Waals surface area contributed by atoms with Gasteiger partial charge in [0.15, 0.2) is 0 Å². The Labute approximate surface area is 122 Å². The van der Waals surface area contributed by atoms with Crippen LogP contribution in [0.4, 0.5) is 0 Å². The molecule has 6 nitrogen and oxygen atoms in total. The van der Waals surface area contributed by atoms with Crippen LogP contribution >= 0.6 is 0 Å². The predicted molar refractivity (Wildman–Crippen MR) is 76.4 cm³/mol. The molecule has 2 amide bonds. The molecule has 1 aromatic carbocycles. The van der Waals surface area contributed by atoms with Gasteiger partial charge in [0.05, 0.1) is 0 Å². The Balaban J connectivity index is 2.08. The summed E-state index contributed by atoms with van der Waals surface area (Å²) in [6.07, 6.45) is 0.274. The zero-order chi connectivity index (χ0) is 15.6. The molecule has 2 rings (SSSR count). The number of carboxylic acids is 1. The zero-order valence-corrected chi connectivity index (χ0v) is 11.6. The van der Waals surface area contributed by atoms with Gasteiger partial charge in [-0.05, 0) is 12.5 Å². The molecule has 0 radical (unpaired) electrons. The second-order valence-electron chi connectivity index (χ2n) is 4.75. The molecule has 0 aliphatic carbocycles. The molecule has 0 spiro atoms. The first-order valence-corrected chi connectivity index (χ1v) is 6.58. The summed E-state index contributed by atoms with van der Waals surface area (Å²) in [7, 11) is 0. The van der Waals surface area contributed by atoms with E-state index in [2.05, 4.69) is 11.9 Å². The largest absolute Gasteiger partial charge is 0.480 e. The summed E-state index contributed by atoms with van der Waals surface area (Å²) in [5, 5.41) is 11.3. The lowest BCUT2D eigenvalue weighted by molar-refractivity contribution is -0.141. The van der Waals surface area contributed by atoms with Crippen molar-refractivity contribution < 1.29 is 19.5 Å². The number of carbonyl (C=O) groups is 3. The predicted octanol–water partition coefficient (Wildman–Crippen LogP) is 1.09. The van der Waals surface area contributed by atoms with Crippen LogP contribution in [0.2, 0.25) is 0 Å². The summed E-state index contributed by atoms with van der Waals surface area (Å²) < 4.78 is 0. The minimum atomic E-state index is -1.10. The van der Waals surface area contributed by atoms with Crippen LogP contribution in [-0.4, -0.2) is 40.4 Å². The van der Waals surface area contributed by atoms with E-state index in [0.29, 0.717) is 16.8 Å². The van der Waals surface area contributed by atoms with Crippen LogP contribution in [0, 0.1) is 0 Å². The molecule has 0 saturated carbocycles. The van der Waals surface area contributed by atoms with Crippen molar-refractivity contribution in [3.8, 4) is 0 Å². The van der Waals surface area contributed by atoms with Crippen LogP contribution in [0.3, 0.4) is 0 Å². The summed E-state index contributed by atoms with van der Waals surface area (Å²) in [5.74, 6) is -1.92. The van der Waals surface area contributed by atoms with Crippen molar-refractivity contribution in [1.29, 1.82) is 0 Å². The summed E-state index contributed by atoms with van der Waals surface area (Å²) in [5.41, 5.74) is 1.65. The number of carbonyl (C=O) groups excluding carboxylic acids is 2. The summed E-state index contributed by atoms with van der Waals surface area (Å²) in [4.78, 5) is 36.3. The van der Waals surface area contributed by atoms with Crippen molar-refractivity contribution in [2.45, 2.75) is 19.4 Å². The fourth-order valence-electron chi connectivity index (χ4n) is 2.22. The molecule has 1 aliphatic heterocycles. The van der Waals surface area contributed by atoms with Gasteiger partial charge >= 0.3 is 5.97 Å². The van der Waals surface area contributed by atoms with Crippen molar-refractivity contribution in [3.63, 3.8) is 0 Å². The van der Waals surface area contributed by atoms with E-state index in [1.165, 1.54) is 4.90 Å². The van der Waals surface area contributed by atoms with Gasteiger partial charge in [0, 0.05) is 16.8 Å².